The maximum Gasteiger partial charge on any atom is 0.140 e. The molecule has 0 spiro atoms. The van der Waals surface area contributed by atoms with Gasteiger partial charge in [0.2, 0.25) is 0 Å². The summed E-state index contributed by atoms with van der Waals surface area (Å²) < 4.78 is 13.1. The molecule has 1 unspecified atom stereocenters. The normalized spacial score (nSPS) is 24.3. The third-order valence-corrected chi connectivity index (χ3v) is 2.91. The quantitative estimate of drug-likeness (QED) is 0.780. The Labute approximate surface area is 93.5 Å². The summed E-state index contributed by atoms with van der Waals surface area (Å²) in [7, 11) is 0. The molecular weight excluding hydrogens is 207 g/mol. The summed E-state index contributed by atoms with van der Waals surface area (Å²) >= 11 is 0. The molecule has 1 heterocycles. The van der Waals surface area contributed by atoms with Crippen LogP contribution in [0.2, 0.25) is 0 Å². The van der Waals surface area contributed by atoms with E-state index < -0.39 is 11.4 Å². The van der Waals surface area contributed by atoms with Gasteiger partial charge in [-0.1, -0.05) is 6.07 Å². The molecular formula is C12H13FN2O. The smallest absolute Gasteiger partial charge is 0.140 e. The molecule has 4 heteroatoms. The molecule has 2 N–H and O–H groups in total. The van der Waals surface area contributed by atoms with E-state index in [1.54, 1.807) is 12.1 Å². The van der Waals surface area contributed by atoms with Gasteiger partial charge in [0.1, 0.15) is 11.9 Å². The van der Waals surface area contributed by atoms with E-state index in [1.165, 1.54) is 12.1 Å². The molecule has 0 radical (unpaired) electrons. The second-order valence-corrected chi connectivity index (χ2v) is 4.25. The maximum absolute atomic E-state index is 13.1. The van der Waals surface area contributed by atoms with Crippen molar-refractivity contribution in [1.29, 1.82) is 5.26 Å². The molecule has 2 rings (SSSR count). The van der Waals surface area contributed by atoms with E-state index in [2.05, 4.69) is 5.32 Å². The summed E-state index contributed by atoms with van der Waals surface area (Å²) in [5.41, 5.74) is 0.0705. The minimum Gasteiger partial charge on any atom is -0.388 e. The molecule has 1 aliphatic heterocycles. The molecule has 0 bridgehead atoms. The van der Waals surface area contributed by atoms with Crippen molar-refractivity contribution in [3.63, 3.8) is 0 Å². The lowest BCUT2D eigenvalue weighted by atomic mass is 9.93. The van der Waals surface area contributed by atoms with Crippen LogP contribution in [0.25, 0.3) is 0 Å². The molecule has 1 fully saturated rings. The van der Waals surface area contributed by atoms with Crippen LogP contribution in [0.3, 0.4) is 0 Å². The lowest BCUT2D eigenvalue weighted by Crippen LogP contribution is -2.33. The fraction of sp³-hybridized carbons (Fsp3) is 0.417. The van der Waals surface area contributed by atoms with Crippen LogP contribution in [-0.4, -0.2) is 23.8 Å². The minimum atomic E-state index is -0.759. The Kier molecular flexibility index (Phi) is 2.90. The molecule has 1 aromatic carbocycles. The van der Waals surface area contributed by atoms with Crippen molar-refractivity contribution in [2.75, 3.05) is 13.1 Å². The molecule has 0 amide bonds. The van der Waals surface area contributed by atoms with Gasteiger partial charge in [-0.2, -0.15) is 5.26 Å². The van der Waals surface area contributed by atoms with E-state index in [0.29, 0.717) is 19.4 Å². The summed E-state index contributed by atoms with van der Waals surface area (Å²) in [6, 6.07) is 6.20. The van der Waals surface area contributed by atoms with Crippen LogP contribution in [0.5, 0.6) is 0 Å². The molecule has 1 atom stereocenters. The van der Waals surface area contributed by atoms with Gasteiger partial charge in [0.25, 0.3) is 0 Å². The van der Waals surface area contributed by atoms with E-state index >= 15 is 0 Å². The highest BCUT2D eigenvalue weighted by atomic mass is 19.1. The third kappa shape index (κ3) is 2.21. The highest BCUT2D eigenvalue weighted by Gasteiger charge is 2.31. The number of nitriles is 1. The van der Waals surface area contributed by atoms with Crippen molar-refractivity contribution >= 4 is 0 Å². The molecule has 16 heavy (non-hydrogen) atoms. The van der Waals surface area contributed by atoms with Crippen molar-refractivity contribution < 1.29 is 9.50 Å². The zero-order valence-electron chi connectivity index (χ0n) is 8.83. The van der Waals surface area contributed by atoms with Crippen molar-refractivity contribution in [3.05, 3.63) is 35.1 Å². The lowest BCUT2D eigenvalue weighted by molar-refractivity contribution is 0.0619. The maximum atomic E-state index is 13.1. The molecule has 1 aromatic rings. The van der Waals surface area contributed by atoms with Crippen LogP contribution in [0.4, 0.5) is 4.39 Å². The molecule has 0 aliphatic carbocycles. The van der Waals surface area contributed by atoms with E-state index in [0.717, 1.165) is 12.1 Å². The van der Waals surface area contributed by atoms with E-state index in [9.17, 15) is 9.50 Å². The first-order chi connectivity index (χ1) is 7.63. The summed E-state index contributed by atoms with van der Waals surface area (Å²) in [5.74, 6) is -0.511. The summed E-state index contributed by atoms with van der Waals surface area (Å²) in [6.07, 6.45) is 1.14. The SMILES string of the molecule is N#Cc1cc(CC2(O)CCNC2)ccc1F. The monoisotopic (exact) mass is 220 g/mol. The summed E-state index contributed by atoms with van der Waals surface area (Å²) in [6.45, 7) is 1.34. The minimum absolute atomic E-state index is 0.0343. The Morgan fingerprint density at radius 3 is 3.00 bits per heavy atom. The predicted octanol–water partition coefficient (Wildman–Crippen LogP) is 0.964. The summed E-state index contributed by atoms with van der Waals surface area (Å²) in [4.78, 5) is 0. The zero-order valence-corrected chi connectivity index (χ0v) is 8.83. The van der Waals surface area contributed by atoms with Gasteiger partial charge in [-0.3, -0.25) is 0 Å². The molecule has 1 saturated heterocycles. The van der Waals surface area contributed by atoms with Gasteiger partial charge in [0, 0.05) is 13.0 Å². The number of aliphatic hydroxyl groups is 1. The number of rotatable bonds is 2. The standard InChI is InChI=1S/C12H13FN2O/c13-11-2-1-9(5-10(11)7-14)6-12(16)3-4-15-8-12/h1-2,5,15-16H,3-4,6,8H2. The van der Waals surface area contributed by atoms with Crippen molar-refractivity contribution in [1.82, 2.24) is 5.32 Å². The van der Waals surface area contributed by atoms with Crippen molar-refractivity contribution in [2.24, 2.45) is 0 Å². The number of benzene rings is 1. The lowest BCUT2D eigenvalue weighted by Gasteiger charge is -2.21. The number of halogens is 1. The molecule has 0 aromatic heterocycles. The molecule has 1 aliphatic rings. The van der Waals surface area contributed by atoms with Gasteiger partial charge in [-0.05, 0) is 30.7 Å². The topological polar surface area (TPSA) is 56.0 Å². The Bertz CT molecular complexity index is 433. The fourth-order valence-corrected chi connectivity index (χ4v) is 2.03. The van der Waals surface area contributed by atoms with Gasteiger partial charge in [0.15, 0.2) is 0 Å². The first-order valence-electron chi connectivity index (χ1n) is 5.25. The Morgan fingerprint density at radius 2 is 2.38 bits per heavy atom. The average molecular weight is 220 g/mol. The van der Waals surface area contributed by atoms with Crippen LogP contribution in [0.1, 0.15) is 17.5 Å². The summed E-state index contributed by atoms with van der Waals surface area (Å²) in [5, 5.41) is 21.9. The van der Waals surface area contributed by atoms with Gasteiger partial charge in [0.05, 0.1) is 11.2 Å². The Hall–Kier alpha value is -1.44. The number of hydrogen-bond acceptors (Lipinski definition) is 3. The number of nitrogens with one attached hydrogen (secondary N) is 1. The van der Waals surface area contributed by atoms with E-state index in [1.807, 2.05) is 0 Å². The van der Waals surface area contributed by atoms with Crippen LogP contribution < -0.4 is 5.32 Å². The number of hydrogen-bond donors (Lipinski definition) is 2. The molecule has 3 nitrogen and oxygen atoms in total. The fourth-order valence-electron chi connectivity index (χ4n) is 2.03. The molecule has 84 valence electrons. The van der Waals surface area contributed by atoms with Crippen LogP contribution in [-0.2, 0) is 6.42 Å². The Balaban J connectivity index is 2.19. The zero-order chi connectivity index (χ0) is 11.6. The van der Waals surface area contributed by atoms with Gasteiger partial charge in [-0.15, -0.1) is 0 Å². The van der Waals surface area contributed by atoms with Crippen LogP contribution in [0.15, 0.2) is 18.2 Å². The third-order valence-electron chi connectivity index (χ3n) is 2.91. The predicted molar refractivity (Wildman–Crippen MR) is 57.3 cm³/mol. The van der Waals surface area contributed by atoms with Crippen LogP contribution in [0, 0.1) is 17.1 Å². The second-order valence-electron chi connectivity index (χ2n) is 4.25. The highest BCUT2D eigenvalue weighted by Crippen LogP contribution is 2.21. The van der Waals surface area contributed by atoms with E-state index in [4.69, 9.17) is 5.26 Å². The second kappa shape index (κ2) is 4.20. The van der Waals surface area contributed by atoms with E-state index in [-0.39, 0.29) is 5.56 Å². The van der Waals surface area contributed by atoms with Crippen molar-refractivity contribution in [3.8, 4) is 6.07 Å². The average Bonchev–Trinajstić information content (AvgIpc) is 2.68. The van der Waals surface area contributed by atoms with Crippen molar-refractivity contribution in [2.45, 2.75) is 18.4 Å². The van der Waals surface area contributed by atoms with Gasteiger partial charge in [-0.25, -0.2) is 4.39 Å². The van der Waals surface area contributed by atoms with Crippen LogP contribution >= 0.6 is 0 Å². The van der Waals surface area contributed by atoms with Gasteiger partial charge < -0.3 is 10.4 Å². The highest BCUT2D eigenvalue weighted by molar-refractivity contribution is 5.35. The Morgan fingerprint density at radius 1 is 1.56 bits per heavy atom. The molecule has 0 saturated carbocycles. The van der Waals surface area contributed by atoms with Gasteiger partial charge >= 0.3 is 0 Å². The largest absolute Gasteiger partial charge is 0.388 e. The number of β-amino-alcohol motifs (C(OH)–C–C–N with tert-alkyl or cyclic N) is 1. The number of nitrogens with zero attached hydrogens (tertiary/aromatic N) is 1. The first-order valence-corrected chi connectivity index (χ1v) is 5.25. The first kappa shape index (κ1) is 11.1.